The van der Waals surface area contributed by atoms with Gasteiger partial charge in [-0.1, -0.05) is 66.5 Å². The molecule has 2 atom stereocenters. The molecule has 0 bridgehead atoms. The van der Waals surface area contributed by atoms with Crippen LogP contribution in [0.1, 0.15) is 24.1 Å². The molecule has 3 nitrogen and oxygen atoms in total. The van der Waals surface area contributed by atoms with Gasteiger partial charge in [-0.15, -0.1) is 0 Å². The van der Waals surface area contributed by atoms with Crippen LogP contribution in [0.4, 0.5) is 0 Å². The first-order valence-electron chi connectivity index (χ1n) is 7.52. The molecule has 0 saturated carbocycles. The van der Waals surface area contributed by atoms with Crippen LogP contribution in [0.25, 0.3) is 0 Å². The smallest absolute Gasteiger partial charge is 0.224 e. The predicted molar refractivity (Wildman–Crippen MR) is 95.7 cm³/mol. The molecule has 2 unspecified atom stereocenters. The number of benzene rings is 2. The van der Waals surface area contributed by atoms with E-state index in [1.165, 1.54) is 0 Å². The Bertz CT molecular complexity index is 641. The maximum Gasteiger partial charge on any atom is 0.224 e. The lowest BCUT2D eigenvalue weighted by atomic mass is 9.94. The summed E-state index contributed by atoms with van der Waals surface area (Å²) in [5.74, 6) is -0.399. The van der Waals surface area contributed by atoms with Crippen LogP contribution >= 0.6 is 23.2 Å². The number of rotatable bonds is 6. The Labute approximate surface area is 146 Å². The van der Waals surface area contributed by atoms with Crippen molar-refractivity contribution in [2.45, 2.75) is 19.4 Å². The van der Waals surface area contributed by atoms with E-state index in [4.69, 9.17) is 28.9 Å². The van der Waals surface area contributed by atoms with Crippen LogP contribution in [0.15, 0.2) is 48.5 Å². The van der Waals surface area contributed by atoms with E-state index in [2.05, 4.69) is 5.32 Å². The molecule has 0 fully saturated rings. The van der Waals surface area contributed by atoms with Gasteiger partial charge in [0, 0.05) is 22.6 Å². The van der Waals surface area contributed by atoms with Crippen molar-refractivity contribution in [1.29, 1.82) is 0 Å². The summed E-state index contributed by atoms with van der Waals surface area (Å²) in [7, 11) is 0. The fourth-order valence-electron chi connectivity index (χ4n) is 2.37. The molecule has 0 aliphatic rings. The van der Waals surface area contributed by atoms with Gasteiger partial charge in [0.1, 0.15) is 0 Å². The third-order valence-electron chi connectivity index (χ3n) is 3.87. The SMILES string of the molecule is CC(C(=O)NCCc1c(Cl)cccc1Cl)C(N)c1ccccc1. The van der Waals surface area contributed by atoms with Gasteiger partial charge in [0.15, 0.2) is 0 Å². The number of amides is 1. The lowest BCUT2D eigenvalue weighted by molar-refractivity contribution is -0.125. The van der Waals surface area contributed by atoms with E-state index in [0.29, 0.717) is 23.0 Å². The summed E-state index contributed by atoms with van der Waals surface area (Å²) in [6.45, 7) is 2.30. The van der Waals surface area contributed by atoms with Crippen LogP contribution in [0.3, 0.4) is 0 Å². The number of carbonyl (C=O) groups is 1. The van der Waals surface area contributed by atoms with Crippen LogP contribution < -0.4 is 11.1 Å². The maximum absolute atomic E-state index is 12.3. The summed E-state index contributed by atoms with van der Waals surface area (Å²) in [5.41, 5.74) is 7.96. The number of halogens is 2. The standard InChI is InChI=1S/C18H20Cl2N2O/c1-12(17(21)13-6-3-2-4-7-13)18(23)22-11-10-14-15(19)8-5-9-16(14)20/h2-9,12,17H,10-11,21H2,1H3,(H,22,23). The molecule has 2 rings (SSSR count). The monoisotopic (exact) mass is 350 g/mol. The second-order valence-corrected chi connectivity index (χ2v) is 6.28. The molecule has 0 saturated heterocycles. The number of nitrogens with one attached hydrogen (secondary N) is 1. The first-order chi connectivity index (χ1) is 11.0. The quantitative estimate of drug-likeness (QED) is 0.827. The van der Waals surface area contributed by atoms with Gasteiger partial charge < -0.3 is 11.1 Å². The van der Waals surface area contributed by atoms with E-state index in [-0.39, 0.29) is 17.9 Å². The van der Waals surface area contributed by atoms with Crippen LogP contribution in [-0.4, -0.2) is 12.5 Å². The van der Waals surface area contributed by atoms with Gasteiger partial charge in [0.2, 0.25) is 5.91 Å². The van der Waals surface area contributed by atoms with E-state index < -0.39 is 0 Å². The summed E-state index contributed by atoms with van der Waals surface area (Å²) in [4.78, 5) is 12.3. The second-order valence-electron chi connectivity index (χ2n) is 5.47. The number of carbonyl (C=O) groups excluding carboxylic acids is 1. The molecule has 0 spiro atoms. The minimum Gasteiger partial charge on any atom is -0.355 e. The van der Waals surface area contributed by atoms with Gasteiger partial charge in [0.05, 0.1) is 5.92 Å². The van der Waals surface area contributed by atoms with Gasteiger partial charge in [-0.2, -0.15) is 0 Å². The van der Waals surface area contributed by atoms with Crippen molar-refractivity contribution in [1.82, 2.24) is 5.32 Å². The van der Waals surface area contributed by atoms with Crippen molar-refractivity contribution >= 4 is 29.1 Å². The Hall–Kier alpha value is -1.55. The summed E-state index contributed by atoms with van der Waals surface area (Å²) >= 11 is 12.2. The van der Waals surface area contributed by atoms with Gasteiger partial charge in [-0.25, -0.2) is 0 Å². The third kappa shape index (κ3) is 4.71. The fraction of sp³-hybridized carbons (Fsp3) is 0.278. The lowest BCUT2D eigenvalue weighted by Gasteiger charge is -2.20. The molecule has 3 N–H and O–H groups in total. The van der Waals surface area contributed by atoms with E-state index in [1.807, 2.05) is 37.3 Å². The van der Waals surface area contributed by atoms with E-state index in [0.717, 1.165) is 11.1 Å². The molecule has 0 heterocycles. The third-order valence-corrected chi connectivity index (χ3v) is 4.58. The van der Waals surface area contributed by atoms with E-state index >= 15 is 0 Å². The summed E-state index contributed by atoms with van der Waals surface area (Å²) in [5, 5.41) is 4.12. The Balaban J connectivity index is 1.89. The van der Waals surface area contributed by atoms with Crippen LogP contribution in [0.2, 0.25) is 10.0 Å². The maximum atomic E-state index is 12.3. The van der Waals surface area contributed by atoms with Gasteiger partial charge >= 0.3 is 0 Å². The molecule has 1 amide bonds. The van der Waals surface area contributed by atoms with Gasteiger partial charge in [0.25, 0.3) is 0 Å². The zero-order valence-electron chi connectivity index (χ0n) is 12.9. The largest absolute Gasteiger partial charge is 0.355 e. The molecule has 5 heteroatoms. The van der Waals surface area contributed by atoms with Crippen molar-refractivity contribution in [2.75, 3.05) is 6.54 Å². The minimum absolute atomic E-state index is 0.0791. The highest BCUT2D eigenvalue weighted by Crippen LogP contribution is 2.24. The molecule has 0 aliphatic carbocycles. The number of hydrogen-bond donors (Lipinski definition) is 2. The summed E-state index contributed by atoms with van der Waals surface area (Å²) in [6, 6.07) is 14.7. The summed E-state index contributed by atoms with van der Waals surface area (Å²) < 4.78 is 0. The molecular weight excluding hydrogens is 331 g/mol. The van der Waals surface area contributed by atoms with Gasteiger partial charge in [-0.3, -0.25) is 4.79 Å². The summed E-state index contributed by atoms with van der Waals surface area (Å²) in [6.07, 6.45) is 0.581. The Morgan fingerprint density at radius 1 is 1.09 bits per heavy atom. The highest BCUT2D eigenvalue weighted by Gasteiger charge is 2.21. The van der Waals surface area contributed by atoms with Crippen LogP contribution in [-0.2, 0) is 11.2 Å². The molecule has 0 aromatic heterocycles. The van der Waals surface area contributed by atoms with Crippen molar-refractivity contribution in [3.8, 4) is 0 Å². The zero-order valence-corrected chi connectivity index (χ0v) is 14.4. The van der Waals surface area contributed by atoms with Crippen LogP contribution in [0.5, 0.6) is 0 Å². The molecule has 2 aromatic rings. The Morgan fingerprint density at radius 3 is 2.30 bits per heavy atom. The number of hydrogen-bond acceptors (Lipinski definition) is 2. The topological polar surface area (TPSA) is 55.1 Å². The number of nitrogens with two attached hydrogens (primary N) is 1. The Kier molecular flexibility index (Phi) is 6.46. The first-order valence-corrected chi connectivity index (χ1v) is 8.27. The highest BCUT2D eigenvalue weighted by atomic mass is 35.5. The fourth-order valence-corrected chi connectivity index (χ4v) is 2.96. The average Bonchev–Trinajstić information content (AvgIpc) is 2.56. The predicted octanol–water partition coefficient (Wildman–Crippen LogP) is 3.99. The normalized spacial score (nSPS) is 13.4. The zero-order chi connectivity index (χ0) is 16.8. The Morgan fingerprint density at radius 2 is 1.70 bits per heavy atom. The van der Waals surface area contributed by atoms with Crippen molar-refractivity contribution in [2.24, 2.45) is 11.7 Å². The first kappa shape index (κ1) is 17.8. The second kappa shape index (κ2) is 8.34. The van der Waals surface area contributed by atoms with Gasteiger partial charge in [-0.05, 0) is 29.7 Å². The van der Waals surface area contributed by atoms with Crippen molar-refractivity contribution in [3.63, 3.8) is 0 Å². The van der Waals surface area contributed by atoms with Crippen molar-refractivity contribution < 1.29 is 4.79 Å². The van der Waals surface area contributed by atoms with E-state index in [1.54, 1.807) is 18.2 Å². The lowest BCUT2D eigenvalue weighted by Crippen LogP contribution is -2.36. The average molecular weight is 351 g/mol. The van der Waals surface area contributed by atoms with E-state index in [9.17, 15) is 4.79 Å². The molecule has 23 heavy (non-hydrogen) atoms. The molecular formula is C18H20Cl2N2O. The van der Waals surface area contributed by atoms with Crippen molar-refractivity contribution in [3.05, 3.63) is 69.7 Å². The molecule has 0 aliphatic heterocycles. The minimum atomic E-state index is -0.333. The molecule has 122 valence electrons. The molecule has 0 radical (unpaired) electrons. The van der Waals surface area contributed by atoms with Crippen LogP contribution in [0, 0.1) is 5.92 Å². The molecule has 2 aromatic carbocycles. The highest BCUT2D eigenvalue weighted by molar-refractivity contribution is 6.35.